The number of hydrogen-bond acceptors (Lipinski definition) is 2. The van der Waals surface area contributed by atoms with Gasteiger partial charge in [0, 0.05) is 18.8 Å². The van der Waals surface area contributed by atoms with Gasteiger partial charge in [0.2, 0.25) is 0 Å². The quantitative estimate of drug-likeness (QED) is 0.690. The Bertz CT molecular complexity index is 209. The fourth-order valence-corrected chi connectivity index (χ4v) is 2.16. The highest BCUT2D eigenvalue weighted by Gasteiger charge is 2.18. The maximum absolute atomic E-state index is 11.7. The number of hydrogen-bond donors (Lipinski definition) is 0. The van der Waals surface area contributed by atoms with E-state index in [9.17, 15) is 4.79 Å². The van der Waals surface area contributed by atoms with Crippen molar-refractivity contribution in [1.29, 1.82) is 5.26 Å². The second kappa shape index (κ2) is 6.59. The summed E-state index contributed by atoms with van der Waals surface area (Å²) < 4.78 is 0. The lowest BCUT2D eigenvalue weighted by atomic mass is 9.87. The van der Waals surface area contributed by atoms with Crippen LogP contribution in [-0.4, -0.2) is 5.78 Å². The van der Waals surface area contributed by atoms with Gasteiger partial charge in [-0.1, -0.05) is 32.1 Å². The number of rotatable bonds is 3. The Morgan fingerprint density at radius 2 is 1.71 bits per heavy atom. The zero-order chi connectivity index (χ0) is 10.2. The molecule has 1 aliphatic carbocycles. The van der Waals surface area contributed by atoms with Crippen molar-refractivity contribution >= 4 is 5.78 Å². The van der Waals surface area contributed by atoms with E-state index < -0.39 is 0 Å². The molecule has 14 heavy (non-hydrogen) atoms. The van der Waals surface area contributed by atoms with Gasteiger partial charge in [0.25, 0.3) is 0 Å². The number of nitrogens with zero attached hydrogens (tertiary/aromatic N) is 1. The lowest BCUT2D eigenvalue weighted by Gasteiger charge is -2.17. The maximum Gasteiger partial charge on any atom is 0.137 e. The van der Waals surface area contributed by atoms with Gasteiger partial charge in [-0.2, -0.15) is 5.26 Å². The van der Waals surface area contributed by atoms with Crippen LogP contribution in [0.15, 0.2) is 0 Å². The van der Waals surface area contributed by atoms with Gasteiger partial charge < -0.3 is 0 Å². The van der Waals surface area contributed by atoms with Gasteiger partial charge >= 0.3 is 0 Å². The largest absolute Gasteiger partial charge is 0.299 e. The van der Waals surface area contributed by atoms with E-state index in [-0.39, 0.29) is 5.92 Å². The number of nitriles is 1. The summed E-state index contributed by atoms with van der Waals surface area (Å²) >= 11 is 0. The second-order valence-electron chi connectivity index (χ2n) is 4.17. The van der Waals surface area contributed by atoms with Crippen LogP contribution in [-0.2, 0) is 4.79 Å². The average Bonchev–Trinajstić information content (AvgIpc) is 2.13. The summed E-state index contributed by atoms with van der Waals surface area (Å²) in [5.74, 6) is 0.595. The molecule has 0 unspecified atom stereocenters. The Morgan fingerprint density at radius 3 is 2.29 bits per heavy atom. The minimum absolute atomic E-state index is 0.267. The molecule has 1 rings (SSSR count). The number of carbonyl (C=O) groups excluding carboxylic acids is 1. The zero-order valence-corrected chi connectivity index (χ0v) is 8.80. The molecule has 0 heterocycles. The predicted octanol–water partition coefficient (Wildman–Crippen LogP) is 3.22. The molecule has 0 spiro atoms. The third-order valence-electron chi connectivity index (χ3n) is 3.04. The molecular formula is C12H19NO. The van der Waals surface area contributed by atoms with E-state index in [0.717, 1.165) is 12.8 Å². The molecule has 0 aromatic carbocycles. The van der Waals surface area contributed by atoms with E-state index in [2.05, 4.69) is 0 Å². The average molecular weight is 193 g/mol. The summed E-state index contributed by atoms with van der Waals surface area (Å²) in [6, 6.07) is 2.04. The third kappa shape index (κ3) is 3.91. The van der Waals surface area contributed by atoms with Gasteiger partial charge in [-0.15, -0.1) is 0 Å². The first-order valence-corrected chi connectivity index (χ1v) is 5.74. The molecule has 0 atom stereocenters. The Balaban J connectivity index is 2.32. The fraction of sp³-hybridized carbons (Fsp3) is 0.833. The Hall–Kier alpha value is -0.840. The van der Waals surface area contributed by atoms with Crippen LogP contribution in [0, 0.1) is 17.2 Å². The van der Waals surface area contributed by atoms with Crippen molar-refractivity contribution < 1.29 is 4.79 Å². The molecule has 0 N–H and O–H groups in total. The highest BCUT2D eigenvalue weighted by molar-refractivity contribution is 5.81. The van der Waals surface area contributed by atoms with E-state index >= 15 is 0 Å². The van der Waals surface area contributed by atoms with Crippen LogP contribution in [0.4, 0.5) is 0 Å². The summed E-state index contributed by atoms with van der Waals surface area (Å²) in [6.45, 7) is 0. The van der Waals surface area contributed by atoms with E-state index in [0.29, 0.717) is 18.6 Å². The first kappa shape index (κ1) is 11.2. The van der Waals surface area contributed by atoms with Crippen molar-refractivity contribution in [2.45, 2.75) is 57.8 Å². The van der Waals surface area contributed by atoms with E-state index in [1.807, 2.05) is 6.07 Å². The lowest BCUT2D eigenvalue weighted by molar-refractivity contribution is -0.123. The molecular weight excluding hydrogens is 174 g/mol. The molecule has 2 nitrogen and oxygen atoms in total. The third-order valence-corrected chi connectivity index (χ3v) is 3.04. The van der Waals surface area contributed by atoms with Crippen LogP contribution in [0.1, 0.15) is 57.8 Å². The van der Waals surface area contributed by atoms with E-state index in [4.69, 9.17) is 5.26 Å². The molecule has 78 valence electrons. The number of Topliss-reactive ketones (excluding diaryl/α,β-unsaturated/α-hetero) is 1. The molecule has 0 radical (unpaired) electrons. The van der Waals surface area contributed by atoms with Crippen molar-refractivity contribution in [1.82, 2.24) is 0 Å². The van der Waals surface area contributed by atoms with Crippen LogP contribution in [0.25, 0.3) is 0 Å². The van der Waals surface area contributed by atoms with Gasteiger partial charge in [0.15, 0.2) is 0 Å². The maximum atomic E-state index is 11.7. The molecule has 0 bridgehead atoms. The number of carbonyl (C=O) groups is 1. The van der Waals surface area contributed by atoms with Crippen LogP contribution >= 0.6 is 0 Å². The Kier molecular flexibility index (Phi) is 5.29. The van der Waals surface area contributed by atoms with Crippen molar-refractivity contribution in [2.75, 3.05) is 0 Å². The van der Waals surface area contributed by atoms with Crippen molar-refractivity contribution in [3.05, 3.63) is 0 Å². The molecule has 2 heteroatoms. The predicted molar refractivity (Wildman–Crippen MR) is 55.7 cm³/mol. The Morgan fingerprint density at radius 1 is 1.14 bits per heavy atom. The summed E-state index contributed by atoms with van der Waals surface area (Å²) in [5, 5.41) is 8.41. The van der Waals surface area contributed by atoms with Crippen LogP contribution in [0.2, 0.25) is 0 Å². The second-order valence-corrected chi connectivity index (χ2v) is 4.17. The van der Waals surface area contributed by atoms with Gasteiger partial charge in [0.1, 0.15) is 5.78 Å². The lowest BCUT2D eigenvalue weighted by Crippen LogP contribution is -2.15. The summed E-state index contributed by atoms with van der Waals surface area (Å²) in [6.07, 6.45) is 9.28. The van der Waals surface area contributed by atoms with Gasteiger partial charge in [-0.05, 0) is 12.8 Å². The van der Waals surface area contributed by atoms with Crippen LogP contribution in [0.3, 0.4) is 0 Å². The fourth-order valence-electron chi connectivity index (χ4n) is 2.16. The highest BCUT2D eigenvalue weighted by Crippen LogP contribution is 2.24. The van der Waals surface area contributed by atoms with Gasteiger partial charge in [-0.25, -0.2) is 0 Å². The molecule has 0 aromatic heterocycles. The molecule has 0 amide bonds. The zero-order valence-electron chi connectivity index (χ0n) is 8.80. The molecule has 0 aromatic rings. The highest BCUT2D eigenvalue weighted by atomic mass is 16.1. The minimum atomic E-state index is 0.267. The van der Waals surface area contributed by atoms with Gasteiger partial charge in [0.05, 0.1) is 6.07 Å². The number of ketones is 1. The molecule has 0 saturated heterocycles. The topological polar surface area (TPSA) is 40.9 Å². The monoisotopic (exact) mass is 193 g/mol. The van der Waals surface area contributed by atoms with Crippen LogP contribution < -0.4 is 0 Å². The summed E-state index contributed by atoms with van der Waals surface area (Å²) in [4.78, 5) is 11.7. The van der Waals surface area contributed by atoms with E-state index in [1.165, 1.54) is 32.1 Å². The molecule has 1 saturated carbocycles. The van der Waals surface area contributed by atoms with Gasteiger partial charge in [-0.3, -0.25) is 4.79 Å². The smallest absolute Gasteiger partial charge is 0.137 e. The summed E-state index contributed by atoms with van der Waals surface area (Å²) in [7, 11) is 0. The molecule has 1 aliphatic rings. The first-order chi connectivity index (χ1) is 6.84. The van der Waals surface area contributed by atoms with Crippen molar-refractivity contribution in [2.24, 2.45) is 5.92 Å². The van der Waals surface area contributed by atoms with Crippen molar-refractivity contribution in [3.8, 4) is 6.07 Å². The van der Waals surface area contributed by atoms with Crippen molar-refractivity contribution in [3.63, 3.8) is 0 Å². The minimum Gasteiger partial charge on any atom is -0.299 e. The first-order valence-electron chi connectivity index (χ1n) is 5.74. The van der Waals surface area contributed by atoms with E-state index in [1.54, 1.807) is 0 Å². The molecule has 0 aliphatic heterocycles. The molecule has 1 fully saturated rings. The Labute approximate surface area is 86.3 Å². The summed E-state index contributed by atoms with van der Waals surface area (Å²) in [5.41, 5.74) is 0. The normalized spacial score (nSPS) is 19.4. The van der Waals surface area contributed by atoms with Crippen LogP contribution in [0.5, 0.6) is 0 Å². The SMILES string of the molecule is N#CCCC(=O)C1CCCCCCC1. The standard InChI is InChI=1S/C12H19NO/c13-10-6-9-12(14)11-7-4-2-1-3-5-8-11/h11H,1-9H2.